The van der Waals surface area contributed by atoms with E-state index in [4.69, 9.17) is 16.3 Å². The van der Waals surface area contributed by atoms with Gasteiger partial charge in [-0.05, 0) is 12.8 Å². The van der Waals surface area contributed by atoms with Crippen LogP contribution in [0.1, 0.15) is 33.1 Å². The lowest BCUT2D eigenvalue weighted by molar-refractivity contribution is -0.124. The minimum Gasteiger partial charge on any atom is -0.380 e. The van der Waals surface area contributed by atoms with Gasteiger partial charge in [0.25, 0.3) is 0 Å². The minimum atomic E-state index is 0.124. The maximum atomic E-state index is 11.4. The van der Waals surface area contributed by atoms with Gasteiger partial charge in [-0.2, -0.15) is 0 Å². The van der Waals surface area contributed by atoms with Crippen LogP contribution in [0.2, 0.25) is 0 Å². The van der Waals surface area contributed by atoms with E-state index in [9.17, 15) is 4.79 Å². The van der Waals surface area contributed by atoms with Crippen molar-refractivity contribution < 1.29 is 9.53 Å². The van der Waals surface area contributed by atoms with Gasteiger partial charge in [0, 0.05) is 24.9 Å². The summed E-state index contributed by atoms with van der Waals surface area (Å²) in [4.78, 5) is 11.4. The lowest BCUT2D eigenvalue weighted by Crippen LogP contribution is -2.30. The van der Waals surface area contributed by atoms with Crippen LogP contribution in [0.25, 0.3) is 0 Å². The van der Waals surface area contributed by atoms with Crippen molar-refractivity contribution in [2.24, 2.45) is 5.92 Å². The highest BCUT2D eigenvalue weighted by molar-refractivity contribution is 6.17. The molecule has 1 N–H and O–H groups in total. The van der Waals surface area contributed by atoms with E-state index in [0.29, 0.717) is 25.6 Å². The number of carbonyl (C=O) groups is 1. The number of ether oxygens (including phenoxy) is 1. The Morgan fingerprint density at radius 3 is 2.80 bits per heavy atom. The van der Waals surface area contributed by atoms with E-state index in [1.165, 1.54) is 0 Å². The fourth-order valence-electron chi connectivity index (χ4n) is 1.28. The van der Waals surface area contributed by atoms with Crippen molar-refractivity contribution in [2.75, 3.05) is 25.6 Å². The first-order chi connectivity index (χ1) is 7.22. The minimum absolute atomic E-state index is 0.124. The lowest BCUT2D eigenvalue weighted by Gasteiger charge is -2.10. The first-order valence-corrected chi connectivity index (χ1v) is 6.17. The maximum absolute atomic E-state index is 11.4. The largest absolute Gasteiger partial charge is 0.380 e. The summed E-state index contributed by atoms with van der Waals surface area (Å²) in [5, 5.41) is 2.89. The molecule has 1 atom stereocenters. The van der Waals surface area contributed by atoms with Crippen LogP contribution in [-0.4, -0.2) is 31.5 Å². The van der Waals surface area contributed by atoms with Crippen LogP contribution >= 0.6 is 11.6 Å². The van der Waals surface area contributed by atoms with Crippen molar-refractivity contribution in [3.05, 3.63) is 0 Å². The molecule has 1 unspecified atom stereocenters. The summed E-state index contributed by atoms with van der Waals surface area (Å²) in [5.74, 6) is 0.799. The van der Waals surface area contributed by atoms with Gasteiger partial charge in [-0.15, -0.1) is 11.6 Å². The molecule has 4 heteroatoms. The molecule has 15 heavy (non-hydrogen) atoms. The zero-order valence-electron chi connectivity index (χ0n) is 9.72. The number of nitrogens with one attached hydrogen (secondary N) is 1. The molecule has 0 saturated heterocycles. The zero-order valence-corrected chi connectivity index (χ0v) is 10.5. The molecule has 0 aliphatic rings. The molecule has 0 saturated carbocycles. The second-order valence-corrected chi connectivity index (χ2v) is 4.01. The van der Waals surface area contributed by atoms with E-state index in [1.807, 2.05) is 6.92 Å². The van der Waals surface area contributed by atoms with Gasteiger partial charge in [0.15, 0.2) is 0 Å². The van der Waals surface area contributed by atoms with E-state index in [0.717, 1.165) is 19.3 Å². The predicted molar refractivity (Wildman–Crippen MR) is 63.2 cm³/mol. The number of amides is 1. The summed E-state index contributed by atoms with van der Waals surface area (Å²) in [5.41, 5.74) is 0. The highest BCUT2D eigenvalue weighted by atomic mass is 35.5. The molecule has 0 radical (unpaired) electrons. The smallest absolute Gasteiger partial charge is 0.222 e. The Hall–Kier alpha value is -0.280. The molecule has 1 amide bonds. The summed E-state index contributed by atoms with van der Waals surface area (Å²) >= 11 is 5.45. The SMILES string of the molecule is CCCC(C)C(=O)NCCCOCCCl. The van der Waals surface area contributed by atoms with E-state index in [-0.39, 0.29) is 11.8 Å². The van der Waals surface area contributed by atoms with Crippen molar-refractivity contribution in [1.29, 1.82) is 0 Å². The fraction of sp³-hybridized carbons (Fsp3) is 0.909. The molecular formula is C11H22ClNO2. The molecule has 0 spiro atoms. The van der Waals surface area contributed by atoms with E-state index in [2.05, 4.69) is 12.2 Å². The lowest BCUT2D eigenvalue weighted by atomic mass is 10.1. The van der Waals surface area contributed by atoms with Crippen LogP contribution in [0.15, 0.2) is 0 Å². The number of alkyl halides is 1. The number of hydrogen-bond acceptors (Lipinski definition) is 2. The van der Waals surface area contributed by atoms with E-state index in [1.54, 1.807) is 0 Å². The molecule has 0 fully saturated rings. The van der Waals surface area contributed by atoms with Crippen LogP contribution in [0.5, 0.6) is 0 Å². The Labute approximate surface area is 97.5 Å². The molecule has 0 aliphatic heterocycles. The standard InChI is InChI=1S/C11H22ClNO2/c1-3-5-10(2)11(14)13-7-4-8-15-9-6-12/h10H,3-9H2,1-2H3,(H,13,14). The summed E-state index contributed by atoms with van der Waals surface area (Å²) in [6, 6.07) is 0. The first-order valence-electron chi connectivity index (χ1n) is 5.63. The van der Waals surface area contributed by atoms with Crippen LogP contribution in [-0.2, 0) is 9.53 Å². The molecular weight excluding hydrogens is 214 g/mol. The van der Waals surface area contributed by atoms with Gasteiger partial charge >= 0.3 is 0 Å². The van der Waals surface area contributed by atoms with Gasteiger partial charge in [0.05, 0.1) is 6.61 Å². The summed E-state index contributed by atoms with van der Waals surface area (Å²) in [6.07, 6.45) is 2.85. The Balaban J connectivity index is 3.30. The average molecular weight is 236 g/mol. The van der Waals surface area contributed by atoms with Crippen molar-refractivity contribution in [3.8, 4) is 0 Å². The van der Waals surface area contributed by atoms with E-state index < -0.39 is 0 Å². The fourth-order valence-corrected chi connectivity index (χ4v) is 1.39. The third-order valence-electron chi connectivity index (χ3n) is 2.16. The molecule has 0 aromatic rings. The Bertz CT molecular complexity index is 165. The molecule has 3 nitrogen and oxygen atoms in total. The van der Waals surface area contributed by atoms with Gasteiger partial charge in [0.1, 0.15) is 0 Å². The number of rotatable bonds is 9. The molecule has 0 aromatic carbocycles. The van der Waals surface area contributed by atoms with Crippen molar-refractivity contribution in [2.45, 2.75) is 33.1 Å². The monoisotopic (exact) mass is 235 g/mol. The van der Waals surface area contributed by atoms with Crippen molar-refractivity contribution >= 4 is 17.5 Å². The highest BCUT2D eigenvalue weighted by Gasteiger charge is 2.09. The molecule has 0 bridgehead atoms. The van der Waals surface area contributed by atoms with Gasteiger partial charge in [-0.3, -0.25) is 4.79 Å². The van der Waals surface area contributed by atoms with E-state index >= 15 is 0 Å². The van der Waals surface area contributed by atoms with Crippen LogP contribution in [0.4, 0.5) is 0 Å². The zero-order chi connectivity index (χ0) is 11.5. The van der Waals surface area contributed by atoms with Crippen LogP contribution < -0.4 is 5.32 Å². The number of hydrogen-bond donors (Lipinski definition) is 1. The van der Waals surface area contributed by atoms with Crippen molar-refractivity contribution in [1.82, 2.24) is 5.32 Å². The second-order valence-electron chi connectivity index (χ2n) is 3.64. The summed E-state index contributed by atoms with van der Waals surface area (Å²) in [6.45, 7) is 5.98. The Morgan fingerprint density at radius 2 is 2.20 bits per heavy atom. The molecule has 0 aromatic heterocycles. The van der Waals surface area contributed by atoms with Crippen LogP contribution in [0, 0.1) is 5.92 Å². The van der Waals surface area contributed by atoms with Gasteiger partial charge in [0.2, 0.25) is 5.91 Å². The second kappa shape index (κ2) is 10.2. The third-order valence-corrected chi connectivity index (χ3v) is 2.31. The third kappa shape index (κ3) is 8.70. The predicted octanol–water partition coefficient (Wildman–Crippen LogP) is 2.18. The number of halogens is 1. The Morgan fingerprint density at radius 1 is 1.47 bits per heavy atom. The maximum Gasteiger partial charge on any atom is 0.222 e. The molecule has 0 heterocycles. The normalized spacial score (nSPS) is 12.5. The van der Waals surface area contributed by atoms with Crippen LogP contribution in [0.3, 0.4) is 0 Å². The molecule has 0 aliphatic carbocycles. The van der Waals surface area contributed by atoms with Gasteiger partial charge in [-0.25, -0.2) is 0 Å². The Kier molecular flexibility index (Phi) is 10.1. The quantitative estimate of drug-likeness (QED) is 0.492. The highest BCUT2D eigenvalue weighted by Crippen LogP contribution is 2.04. The van der Waals surface area contributed by atoms with Gasteiger partial charge < -0.3 is 10.1 Å². The molecule has 0 rings (SSSR count). The summed E-state index contributed by atoms with van der Waals surface area (Å²) in [7, 11) is 0. The first kappa shape index (κ1) is 14.7. The molecule has 90 valence electrons. The van der Waals surface area contributed by atoms with Gasteiger partial charge in [-0.1, -0.05) is 20.3 Å². The number of carbonyl (C=O) groups excluding carboxylic acids is 1. The average Bonchev–Trinajstić information content (AvgIpc) is 2.23. The summed E-state index contributed by atoms with van der Waals surface area (Å²) < 4.78 is 5.19. The topological polar surface area (TPSA) is 38.3 Å². The van der Waals surface area contributed by atoms with Crippen molar-refractivity contribution in [3.63, 3.8) is 0 Å².